The van der Waals surface area contributed by atoms with Crippen molar-refractivity contribution in [2.45, 2.75) is 20.8 Å². The highest BCUT2D eigenvalue weighted by molar-refractivity contribution is 9.10. The predicted molar refractivity (Wildman–Crippen MR) is 77.7 cm³/mol. The summed E-state index contributed by atoms with van der Waals surface area (Å²) >= 11 is 7.39. The number of anilines is 1. The third-order valence-corrected chi connectivity index (χ3v) is 4.45. The molecule has 5 heteroatoms. The van der Waals surface area contributed by atoms with Crippen molar-refractivity contribution in [2.24, 2.45) is 0 Å². The first-order valence-corrected chi connectivity index (χ1v) is 6.36. The van der Waals surface area contributed by atoms with Crippen molar-refractivity contribution in [2.75, 3.05) is 19.1 Å². The fourth-order valence-corrected chi connectivity index (χ4v) is 2.40. The summed E-state index contributed by atoms with van der Waals surface area (Å²) in [5, 5.41) is -0.318. The van der Waals surface area contributed by atoms with E-state index in [1.807, 2.05) is 20.8 Å². The second kappa shape index (κ2) is 5.31. The van der Waals surface area contributed by atoms with Crippen LogP contribution in [0.4, 0.5) is 10.5 Å². The summed E-state index contributed by atoms with van der Waals surface area (Å²) in [4.78, 5) is 12.9. The van der Waals surface area contributed by atoms with E-state index in [1.165, 1.54) is 4.90 Å². The van der Waals surface area contributed by atoms with Gasteiger partial charge in [-0.1, -0.05) is 28.6 Å². The average molecular weight is 318 g/mol. The molecule has 0 N–H and O–H groups in total. The quantitative estimate of drug-likeness (QED) is 0.839. The van der Waals surface area contributed by atoms with Gasteiger partial charge in [0.15, 0.2) is 0 Å². The van der Waals surface area contributed by atoms with Crippen LogP contribution in [-0.4, -0.2) is 19.4 Å². The third-order valence-electron chi connectivity index (χ3n) is 2.96. The predicted octanol–water partition coefficient (Wildman–Crippen LogP) is 3.87. The number of halogens is 1. The SMILES string of the molecule is COc1c(C)c(C)c(Br)c(C)c1N(C)C(=O)S. The van der Waals surface area contributed by atoms with Gasteiger partial charge in [-0.3, -0.25) is 4.79 Å². The molecule has 0 radical (unpaired) electrons. The lowest BCUT2D eigenvalue weighted by Crippen LogP contribution is -2.22. The van der Waals surface area contributed by atoms with Crippen molar-refractivity contribution in [3.8, 4) is 5.75 Å². The van der Waals surface area contributed by atoms with E-state index in [-0.39, 0.29) is 5.24 Å². The Morgan fingerprint density at radius 2 is 1.76 bits per heavy atom. The maximum absolute atomic E-state index is 11.4. The highest BCUT2D eigenvalue weighted by Crippen LogP contribution is 2.41. The van der Waals surface area contributed by atoms with Gasteiger partial charge in [0.05, 0.1) is 12.8 Å². The summed E-state index contributed by atoms with van der Waals surface area (Å²) in [7, 11) is 3.29. The van der Waals surface area contributed by atoms with E-state index in [0.29, 0.717) is 5.75 Å². The van der Waals surface area contributed by atoms with Crippen LogP contribution >= 0.6 is 28.6 Å². The number of ether oxygens (including phenoxy) is 1. The van der Waals surface area contributed by atoms with Gasteiger partial charge in [0.25, 0.3) is 5.24 Å². The zero-order chi connectivity index (χ0) is 13.3. The number of nitrogens with zero attached hydrogens (tertiary/aromatic N) is 1. The summed E-state index contributed by atoms with van der Waals surface area (Å²) in [6.07, 6.45) is 0. The van der Waals surface area contributed by atoms with Crippen LogP contribution in [-0.2, 0) is 0 Å². The van der Waals surface area contributed by atoms with Gasteiger partial charge in [0.1, 0.15) is 5.75 Å². The topological polar surface area (TPSA) is 29.5 Å². The number of carbonyl (C=O) groups excluding carboxylic acids is 1. The fourth-order valence-electron chi connectivity index (χ4n) is 1.82. The van der Waals surface area contributed by atoms with E-state index >= 15 is 0 Å². The molecule has 0 unspecified atom stereocenters. The van der Waals surface area contributed by atoms with Crippen molar-refractivity contribution in [1.29, 1.82) is 0 Å². The van der Waals surface area contributed by atoms with Gasteiger partial charge in [0, 0.05) is 11.5 Å². The maximum Gasteiger partial charge on any atom is 0.282 e. The molecule has 0 aliphatic heterocycles. The molecular formula is C12H16BrNO2S. The Labute approximate surface area is 116 Å². The van der Waals surface area contributed by atoms with Gasteiger partial charge < -0.3 is 9.64 Å². The zero-order valence-electron chi connectivity index (χ0n) is 10.6. The Balaban J connectivity index is 3.63. The van der Waals surface area contributed by atoms with Crippen LogP contribution in [0.15, 0.2) is 4.47 Å². The number of amides is 1. The Hall–Kier alpha value is -0.680. The summed E-state index contributed by atoms with van der Waals surface area (Å²) in [6, 6.07) is 0. The number of carbonyl (C=O) groups is 1. The minimum Gasteiger partial charge on any atom is -0.494 e. The van der Waals surface area contributed by atoms with Crippen molar-refractivity contribution in [3.05, 3.63) is 21.2 Å². The van der Waals surface area contributed by atoms with Crippen LogP contribution in [0.5, 0.6) is 5.75 Å². The van der Waals surface area contributed by atoms with E-state index in [1.54, 1.807) is 14.2 Å². The molecule has 17 heavy (non-hydrogen) atoms. The molecule has 1 aromatic carbocycles. The number of rotatable bonds is 2. The molecule has 0 aromatic heterocycles. The van der Waals surface area contributed by atoms with Crippen LogP contribution < -0.4 is 9.64 Å². The fraction of sp³-hybridized carbons (Fsp3) is 0.417. The largest absolute Gasteiger partial charge is 0.494 e. The number of thiol groups is 1. The first-order valence-electron chi connectivity index (χ1n) is 5.12. The molecule has 0 aliphatic carbocycles. The van der Waals surface area contributed by atoms with Gasteiger partial charge in [-0.05, 0) is 37.5 Å². The van der Waals surface area contributed by atoms with E-state index in [9.17, 15) is 4.79 Å². The highest BCUT2D eigenvalue weighted by atomic mass is 79.9. The summed E-state index contributed by atoms with van der Waals surface area (Å²) in [5.41, 5.74) is 3.85. The lowest BCUT2D eigenvalue weighted by Gasteiger charge is -2.24. The summed E-state index contributed by atoms with van der Waals surface area (Å²) < 4.78 is 6.41. The maximum atomic E-state index is 11.4. The lowest BCUT2D eigenvalue weighted by molar-refractivity contribution is 0.266. The molecule has 1 rings (SSSR count). The normalized spacial score (nSPS) is 10.3. The molecule has 0 saturated heterocycles. The number of hydrogen-bond donors (Lipinski definition) is 1. The molecule has 0 saturated carbocycles. The monoisotopic (exact) mass is 317 g/mol. The summed E-state index contributed by atoms with van der Waals surface area (Å²) in [6.45, 7) is 5.93. The molecule has 3 nitrogen and oxygen atoms in total. The van der Waals surface area contributed by atoms with E-state index in [2.05, 4.69) is 28.6 Å². The highest BCUT2D eigenvalue weighted by Gasteiger charge is 2.21. The number of benzene rings is 1. The van der Waals surface area contributed by atoms with Crippen LogP contribution in [0.3, 0.4) is 0 Å². The molecule has 0 atom stereocenters. The van der Waals surface area contributed by atoms with Crippen LogP contribution in [0.1, 0.15) is 16.7 Å². The van der Waals surface area contributed by atoms with Gasteiger partial charge in [-0.25, -0.2) is 0 Å². The Kier molecular flexibility index (Phi) is 4.49. The lowest BCUT2D eigenvalue weighted by atomic mass is 10.0. The second-order valence-electron chi connectivity index (χ2n) is 3.91. The minimum atomic E-state index is -0.318. The average Bonchev–Trinajstić information content (AvgIpc) is 2.29. The van der Waals surface area contributed by atoms with Crippen LogP contribution in [0.25, 0.3) is 0 Å². The van der Waals surface area contributed by atoms with E-state index < -0.39 is 0 Å². The van der Waals surface area contributed by atoms with Gasteiger partial charge in [-0.15, -0.1) is 0 Å². The minimum absolute atomic E-state index is 0.318. The molecular weight excluding hydrogens is 302 g/mol. The number of methoxy groups -OCH3 is 1. The molecule has 0 heterocycles. The van der Waals surface area contributed by atoms with E-state index in [0.717, 1.165) is 26.9 Å². The molecule has 0 spiro atoms. The van der Waals surface area contributed by atoms with Crippen molar-refractivity contribution in [3.63, 3.8) is 0 Å². The second-order valence-corrected chi connectivity index (χ2v) is 5.09. The smallest absolute Gasteiger partial charge is 0.282 e. The van der Waals surface area contributed by atoms with Gasteiger partial charge in [-0.2, -0.15) is 0 Å². The Bertz CT molecular complexity index is 474. The van der Waals surface area contributed by atoms with Crippen LogP contribution in [0.2, 0.25) is 0 Å². The Morgan fingerprint density at radius 1 is 1.24 bits per heavy atom. The molecule has 1 amide bonds. The molecule has 0 aliphatic rings. The first-order chi connectivity index (χ1) is 7.82. The zero-order valence-corrected chi connectivity index (χ0v) is 13.1. The summed E-state index contributed by atoms with van der Waals surface area (Å²) in [5.74, 6) is 0.716. The Morgan fingerprint density at radius 3 is 2.18 bits per heavy atom. The standard InChI is InChI=1S/C12H16BrNO2S/c1-6-7(2)11(16-5)10(8(3)9(6)13)14(4)12(15)17/h1-5H3,(H,15,17). The van der Waals surface area contributed by atoms with Crippen molar-refractivity contribution < 1.29 is 9.53 Å². The van der Waals surface area contributed by atoms with E-state index in [4.69, 9.17) is 4.74 Å². The van der Waals surface area contributed by atoms with Crippen molar-refractivity contribution >= 4 is 39.5 Å². The van der Waals surface area contributed by atoms with Crippen LogP contribution in [0, 0.1) is 20.8 Å². The van der Waals surface area contributed by atoms with Gasteiger partial charge in [0.2, 0.25) is 0 Å². The molecule has 94 valence electrons. The molecule has 0 fully saturated rings. The molecule has 1 aromatic rings. The third kappa shape index (κ3) is 2.45. The van der Waals surface area contributed by atoms with Gasteiger partial charge >= 0.3 is 0 Å². The first kappa shape index (κ1) is 14.4. The van der Waals surface area contributed by atoms with Crippen molar-refractivity contribution in [1.82, 2.24) is 0 Å². The number of hydrogen-bond acceptors (Lipinski definition) is 2. The molecule has 0 bridgehead atoms.